The molecule has 1 saturated heterocycles. The molecule has 3 rings (SSSR count). The quantitative estimate of drug-likeness (QED) is 0.793. The first-order valence-corrected chi connectivity index (χ1v) is 6.84. The van der Waals surface area contributed by atoms with E-state index in [1.807, 2.05) is 30.5 Å². The first-order valence-electron chi connectivity index (χ1n) is 6.84. The smallest absolute Gasteiger partial charge is 0.321 e. The average molecular weight is 287 g/mol. The fraction of sp³-hybridized carbons (Fsp3) is 0.333. The Morgan fingerprint density at radius 1 is 1.38 bits per heavy atom. The van der Waals surface area contributed by atoms with E-state index in [9.17, 15) is 14.7 Å². The second-order valence-electron chi connectivity index (χ2n) is 5.75. The number of H-pyrrole nitrogens is 1. The number of aliphatic carboxylic acids is 1. The van der Waals surface area contributed by atoms with Gasteiger partial charge in [-0.3, -0.25) is 4.79 Å². The van der Waals surface area contributed by atoms with Crippen LogP contribution in [0.3, 0.4) is 0 Å². The summed E-state index contributed by atoms with van der Waals surface area (Å²) >= 11 is 0. The van der Waals surface area contributed by atoms with Crippen LogP contribution in [-0.2, 0) is 4.79 Å². The maximum absolute atomic E-state index is 12.2. The minimum Gasteiger partial charge on any atom is -0.481 e. The summed E-state index contributed by atoms with van der Waals surface area (Å²) in [6.45, 7) is 2.37. The van der Waals surface area contributed by atoms with Crippen LogP contribution in [0.4, 0.5) is 10.5 Å². The van der Waals surface area contributed by atoms with Gasteiger partial charge >= 0.3 is 12.0 Å². The summed E-state index contributed by atoms with van der Waals surface area (Å²) in [5.74, 6) is -0.855. The summed E-state index contributed by atoms with van der Waals surface area (Å²) in [5.41, 5.74) is 0.866. The Morgan fingerprint density at radius 3 is 2.90 bits per heavy atom. The van der Waals surface area contributed by atoms with Gasteiger partial charge in [0.1, 0.15) is 0 Å². The predicted molar refractivity (Wildman–Crippen MR) is 79.3 cm³/mol. The van der Waals surface area contributed by atoms with E-state index in [4.69, 9.17) is 0 Å². The second-order valence-corrected chi connectivity index (χ2v) is 5.75. The van der Waals surface area contributed by atoms with E-state index in [0.29, 0.717) is 18.7 Å². The number of carbonyl (C=O) groups excluding carboxylic acids is 1. The Bertz CT molecular complexity index is 709. The number of aromatic amines is 1. The molecule has 1 aliphatic heterocycles. The topological polar surface area (TPSA) is 85.4 Å². The molecular formula is C15H17N3O3. The average Bonchev–Trinajstić information content (AvgIpc) is 3.05. The largest absolute Gasteiger partial charge is 0.481 e. The van der Waals surface area contributed by atoms with Crippen molar-refractivity contribution in [1.82, 2.24) is 9.88 Å². The van der Waals surface area contributed by atoms with Crippen LogP contribution in [0.15, 0.2) is 30.5 Å². The number of fused-ring (bicyclic) bond motifs is 1. The molecule has 0 bridgehead atoms. The van der Waals surface area contributed by atoms with Crippen molar-refractivity contribution in [2.75, 3.05) is 18.4 Å². The Morgan fingerprint density at radius 2 is 2.19 bits per heavy atom. The third-order valence-electron chi connectivity index (χ3n) is 4.08. The normalized spacial score (nSPS) is 21.7. The van der Waals surface area contributed by atoms with Gasteiger partial charge in [0.2, 0.25) is 0 Å². The van der Waals surface area contributed by atoms with Gasteiger partial charge in [-0.05, 0) is 37.6 Å². The van der Waals surface area contributed by atoms with Crippen LogP contribution in [0.1, 0.15) is 13.3 Å². The van der Waals surface area contributed by atoms with Gasteiger partial charge < -0.3 is 20.3 Å². The molecule has 1 atom stereocenters. The van der Waals surface area contributed by atoms with E-state index in [2.05, 4.69) is 10.3 Å². The predicted octanol–water partition coefficient (Wildman–Crippen LogP) is 2.50. The van der Waals surface area contributed by atoms with E-state index < -0.39 is 11.4 Å². The summed E-state index contributed by atoms with van der Waals surface area (Å²) in [7, 11) is 0. The highest BCUT2D eigenvalue weighted by Gasteiger charge is 2.42. The van der Waals surface area contributed by atoms with E-state index in [1.54, 1.807) is 11.8 Å². The minimum absolute atomic E-state index is 0.237. The van der Waals surface area contributed by atoms with Crippen molar-refractivity contribution >= 4 is 28.6 Å². The van der Waals surface area contributed by atoms with Crippen molar-refractivity contribution in [2.24, 2.45) is 5.41 Å². The third kappa shape index (κ3) is 2.44. The van der Waals surface area contributed by atoms with Gasteiger partial charge in [-0.25, -0.2) is 4.79 Å². The fourth-order valence-electron chi connectivity index (χ4n) is 2.64. The summed E-state index contributed by atoms with van der Waals surface area (Å²) in [6, 6.07) is 7.28. The molecule has 6 heteroatoms. The molecule has 2 aromatic rings. The number of hydrogen-bond donors (Lipinski definition) is 3. The Kier molecular flexibility index (Phi) is 3.08. The molecule has 110 valence electrons. The molecule has 21 heavy (non-hydrogen) atoms. The van der Waals surface area contributed by atoms with E-state index in [-0.39, 0.29) is 12.6 Å². The molecule has 3 N–H and O–H groups in total. The Balaban J connectivity index is 1.70. The highest BCUT2D eigenvalue weighted by atomic mass is 16.4. The molecule has 0 spiro atoms. The molecular weight excluding hydrogens is 270 g/mol. The number of rotatable bonds is 2. The highest BCUT2D eigenvalue weighted by molar-refractivity contribution is 5.93. The lowest BCUT2D eigenvalue weighted by molar-refractivity contribution is -0.146. The molecule has 1 aromatic heterocycles. The lowest BCUT2D eigenvalue weighted by atomic mass is 9.90. The lowest BCUT2D eigenvalue weighted by Crippen LogP contribution is -2.37. The number of carboxylic acid groups (broad SMARTS) is 1. The number of nitrogens with zero attached hydrogens (tertiary/aromatic N) is 1. The standard InChI is InChI=1S/C15H17N3O3/c1-15(13(19)20)5-7-18(9-15)14(21)17-11-2-3-12-10(8-11)4-6-16-12/h2-4,6,8,16H,5,7,9H2,1H3,(H,17,21)(H,19,20). The molecule has 0 saturated carbocycles. The maximum Gasteiger partial charge on any atom is 0.321 e. The van der Waals surface area contributed by atoms with Crippen molar-refractivity contribution in [3.8, 4) is 0 Å². The number of hydrogen-bond acceptors (Lipinski definition) is 2. The van der Waals surface area contributed by atoms with Crippen molar-refractivity contribution < 1.29 is 14.7 Å². The summed E-state index contributed by atoms with van der Waals surface area (Å²) in [4.78, 5) is 28.1. The van der Waals surface area contributed by atoms with E-state index >= 15 is 0 Å². The van der Waals surface area contributed by atoms with Crippen LogP contribution in [0.2, 0.25) is 0 Å². The molecule has 2 amide bonds. The number of aromatic nitrogens is 1. The number of urea groups is 1. The van der Waals surface area contributed by atoms with Gasteiger partial charge in [0.15, 0.2) is 0 Å². The van der Waals surface area contributed by atoms with Crippen LogP contribution >= 0.6 is 0 Å². The van der Waals surface area contributed by atoms with Crippen molar-refractivity contribution in [3.63, 3.8) is 0 Å². The van der Waals surface area contributed by atoms with Gasteiger partial charge in [0, 0.05) is 35.9 Å². The molecule has 0 aliphatic carbocycles. The zero-order valence-corrected chi connectivity index (χ0v) is 11.7. The molecule has 0 radical (unpaired) electrons. The zero-order chi connectivity index (χ0) is 15.0. The van der Waals surface area contributed by atoms with Crippen LogP contribution < -0.4 is 5.32 Å². The second kappa shape index (κ2) is 4.80. The van der Waals surface area contributed by atoms with Crippen molar-refractivity contribution in [2.45, 2.75) is 13.3 Å². The van der Waals surface area contributed by atoms with E-state index in [0.717, 1.165) is 10.9 Å². The SMILES string of the molecule is CC1(C(=O)O)CCN(C(=O)Nc2ccc3[nH]ccc3c2)C1. The van der Waals surface area contributed by atoms with Crippen molar-refractivity contribution in [1.29, 1.82) is 0 Å². The number of nitrogens with one attached hydrogen (secondary N) is 2. The number of carboxylic acids is 1. The first-order chi connectivity index (χ1) is 9.98. The molecule has 1 aromatic carbocycles. The Hall–Kier alpha value is -2.50. The monoisotopic (exact) mass is 287 g/mol. The first kappa shape index (κ1) is 13.5. The molecule has 2 heterocycles. The molecule has 1 fully saturated rings. The fourth-order valence-corrected chi connectivity index (χ4v) is 2.64. The van der Waals surface area contributed by atoms with Crippen LogP contribution in [-0.4, -0.2) is 40.1 Å². The van der Waals surface area contributed by atoms with Gasteiger partial charge in [-0.2, -0.15) is 0 Å². The number of carbonyl (C=O) groups is 2. The van der Waals surface area contributed by atoms with Gasteiger partial charge in [0.05, 0.1) is 5.41 Å². The maximum atomic E-state index is 12.2. The highest BCUT2D eigenvalue weighted by Crippen LogP contribution is 2.30. The number of amides is 2. The lowest BCUT2D eigenvalue weighted by Gasteiger charge is -2.20. The molecule has 1 unspecified atom stereocenters. The van der Waals surface area contributed by atoms with Gasteiger partial charge in [0.25, 0.3) is 0 Å². The van der Waals surface area contributed by atoms with Crippen LogP contribution in [0.25, 0.3) is 10.9 Å². The van der Waals surface area contributed by atoms with Gasteiger partial charge in [-0.15, -0.1) is 0 Å². The summed E-state index contributed by atoms with van der Waals surface area (Å²) < 4.78 is 0. The van der Waals surface area contributed by atoms with Crippen LogP contribution in [0.5, 0.6) is 0 Å². The molecule has 1 aliphatic rings. The zero-order valence-electron chi connectivity index (χ0n) is 11.7. The Labute approximate surface area is 121 Å². The number of likely N-dealkylation sites (tertiary alicyclic amines) is 1. The van der Waals surface area contributed by atoms with Crippen LogP contribution in [0, 0.1) is 5.41 Å². The number of anilines is 1. The summed E-state index contributed by atoms with van der Waals surface area (Å²) in [6.07, 6.45) is 2.32. The van der Waals surface area contributed by atoms with Gasteiger partial charge in [-0.1, -0.05) is 0 Å². The number of benzene rings is 1. The summed E-state index contributed by atoms with van der Waals surface area (Å²) in [5, 5.41) is 13.0. The minimum atomic E-state index is -0.855. The van der Waals surface area contributed by atoms with E-state index in [1.165, 1.54) is 0 Å². The molecule has 6 nitrogen and oxygen atoms in total. The third-order valence-corrected chi connectivity index (χ3v) is 4.08. The van der Waals surface area contributed by atoms with Crippen molar-refractivity contribution in [3.05, 3.63) is 30.5 Å².